The number of amidine groups is 1. The van der Waals surface area contributed by atoms with E-state index in [1.807, 2.05) is 6.07 Å². The van der Waals surface area contributed by atoms with Crippen molar-refractivity contribution in [1.29, 1.82) is 0 Å². The van der Waals surface area contributed by atoms with Crippen LogP contribution in [0.3, 0.4) is 0 Å². The Morgan fingerprint density at radius 2 is 2.06 bits per heavy atom. The van der Waals surface area contributed by atoms with Crippen molar-refractivity contribution in [1.82, 2.24) is 4.90 Å². The molecule has 6 nitrogen and oxygen atoms in total. The Morgan fingerprint density at radius 3 is 2.56 bits per heavy atom. The number of aliphatic hydroxyl groups excluding tert-OH is 1. The molecule has 1 aromatic rings. The first-order valence-electron chi connectivity index (χ1n) is 5.50. The van der Waals surface area contributed by atoms with E-state index >= 15 is 0 Å². The van der Waals surface area contributed by atoms with E-state index in [4.69, 9.17) is 16.0 Å². The van der Waals surface area contributed by atoms with Crippen molar-refractivity contribution in [2.45, 2.75) is 5.92 Å². The van der Waals surface area contributed by atoms with E-state index in [0.717, 1.165) is 0 Å². The second kappa shape index (κ2) is 6.61. The molecule has 1 rings (SSSR count). The Kier molecular flexibility index (Phi) is 5.13. The molecule has 6 heteroatoms. The molecule has 1 aromatic carbocycles. The van der Waals surface area contributed by atoms with E-state index in [9.17, 15) is 4.79 Å². The fourth-order valence-corrected chi connectivity index (χ4v) is 1.62. The highest BCUT2D eigenvalue weighted by molar-refractivity contribution is 6.07. The summed E-state index contributed by atoms with van der Waals surface area (Å²) in [5.41, 5.74) is 6.22. The molecule has 0 bridgehead atoms. The molecule has 0 fully saturated rings. The van der Waals surface area contributed by atoms with E-state index < -0.39 is 5.92 Å². The highest BCUT2D eigenvalue weighted by atomic mass is 16.4. The van der Waals surface area contributed by atoms with Crippen molar-refractivity contribution in [3.63, 3.8) is 0 Å². The van der Waals surface area contributed by atoms with E-state index in [-0.39, 0.29) is 24.9 Å². The molecule has 0 saturated heterocycles. The van der Waals surface area contributed by atoms with Crippen LogP contribution in [0.5, 0.6) is 0 Å². The van der Waals surface area contributed by atoms with Crippen LogP contribution < -0.4 is 5.73 Å². The minimum atomic E-state index is -0.840. The fourth-order valence-electron chi connectivity index (χ4n) is 1.62. The van der Waals surface area contributed by atoms with E-state index in [2.05, 4.69) is 5.16 Å². The van der Waals surface area contributed by atoms with Crippen molar-refractivity contribution >= 4 is 11.7 Å². The predicted molar refractivity (Wildman–Crippen MR) is 67.3 cm³/mol. The van der Waals surface area contributed by atoms with Gasteiger partial charge < -0.3 is 20.9 Å². The summed E-state index contributed by atoms with van der Waals surface area (Å²) in [5.74, 6) is -1.34. The van der Waals surface area contributed by atoms with Gasteiger partial charge in [-0.15, -0.1) is 0 Å². The van der Waals surface area contributed by atoms with Crippen LogP contribution in [0.2, 0.25) is 0 Å². The van der Waals surface area contributed by atoms with E-state index in [1.54, 1.807) is 31.3 Å². The molecule has 0 aliphatic rings. The van der Waals surface area contributed by atoms with Gasteiger partial charge in [-0.25, -0.2) is 0 Å². The molecule has 0 spiro atoms. The number of rotatable bonds is 5. The molecule has 0 aliphatic carbocycles. The van der Waals surface area contributed by atoms with Gasteiger partial charge in [0.1, 0.15) is 5.92 Å². The van der Waals surface area contributed by atoms with Crippen LogP contribution >= 0.6 is 0 Å². The summed E-state index contributed by atoms with van der Waals surface area (Å²) < 4.78 is 0. The van der Waals surface area contributed by atoms with Gasteiger partial charge >= 0.3 is 0 Å². The van der Waals surface area contributed by atoms with Gasteiger partial charge in [-0.05, 0) is 5.56 Å². The number of aliphatic hydroxyl groups is 1. The minimum absolute atomic E-state index is 0.139. The third-order valence-corrected chi connectivity index (χ3v) is 2.60. The van der Waals surface area contributed by atoms with Gasteiger partial charge in [-0.1, -0.05) is 35.5 Å². The molecule has 4 N–H and O–H groups in total. The summed E-state index contributed by atoms with van der Waals surface area (Å²) in [4.78, 5) is 13.5. The maximum absolute atomic E-state index is 12.2. The number of amides is 1. The average Bonchev–Trinajstić information content (AvgIpc) is 2.40. The zero-order valence-electron chi connectivity index (χ0n) is 10.2. The maximum atomic E-state index is 12.2. The third-order valence-electron chi connectivity index (χ3n) is 2.60. The Hall–Kier alpha value is -2.08. The van der Waals surface area contributed by atoms with Gasteiger partial charge in [-0.3, -0.25) is 4.79 Å². The number of oxime groups is 1. The van der Waals surface area contributed by atoms with E-state index in [1.165, 1.54) is 4.90 Å². The number of benzene rings is 1. The Balaban J connectivity index is 3.04. The molecule has 0 heterocycles. The monoisotopic (exact) mass is 251 g/mol. The number of nitrogens with two attached hydrogens (primary N) is 1. The van der Waals surface area contributed by atoms with Gasteiger partial charge in [0, 0.05) is 13.6 Å². The third kappa shape index (κ3) is 3.21. The van der Waals surface area contributed by atoms with Crippen LogP contribution in [0.15, 0.2) is 35.5 Å². The lowest BCUT2D eigenvalue weighted by atomic mass is 9.96. The van der Waals surface area contributed by atoms with Crippen molar-refractivity contribution in [2.24, 2.45) is 10.9 Å². The van der Waals surface area contributed by atoms with Crippen molar-refractivity contribution in [3.05, 3.63) is 35.9 Å². The first kappa shape index (κ1) is 14.0. The maximum Gasteiger partial charge on any atom is 0.237 e. The van der Waals surface area contributed by atoms with Crippen LogP contribution in [0.1, 0.15) is 11.5 Å². The summed E-state index contributed by atoms with van der Waals surface area (Å²) in [6, 6.07) is 8.81. The van der Waals surface area contributed by atoms with Crippen LogP contribution in [-0.2, 0) is 4.79 Å². The van der Waals surface area contributed by atoms with Gasteiger partial charge in [0.2, 0.25) is 5.91 Å². The number of nitrogens with zero attached hydrogens (tertiary/aromatic N) is 2. The Bertz CT molecular complexity index is 420. The Labute approximate surface area is 105 Å². The molecular formula is C12H17N3O3. The molecule has 1 atom stereocenters. The molecule has 18 heavy (non-hydrogen) atoms. The van der Waals surface area contributed by atoms with Crippen molar-refractivity contribution in [2.75, 3.05) is 20.2 Å². The number of carbonyl (C=O) groups is 1. The number of likely N-dealkylation sites (N-methyl/N-ethyl adjacent to an activating group) is 1. The summed E-state index contributed by atoms with van der Waals surface area (Å²) in [6.07, 6.45) is 0. The Morgan fingerprint density at radius 1 is 1.44 bits per heavy atom. The highest BCUT2D eigenvalue weighted by Gasteiger charge is 2.27. The fraction of sp³-hybridized carbons (Fsp3) is 0.333. The standard InChI is InChI=1S/C12H17N3O3/c1-15(7-8-16)12(17)10(11(13)14-18)9-5-3-2-4-6-9/h2-6,10,16,18H,7-8H2,1H3,(H2,13,14). The van der Waals surface area contributed by atoms with Crippen LogP contribution in [0.4, 0.5) is 0 Å². The number of carbonyl (C=O) groups excluding carboxylic acids is 1. The zero-order chi connectivity index (χ0) is 13.5. The quantitative estimate of drug-likeness (QED) is 0.296. The first-order valence-corrected chi connectivity index (χ1v) is 5.50. The molecule has 0 aliphatic heterocycles. The van der Waals surface area contributed by atoms with Crippen LogP contribution in [0.25, 0.3) is 0 Å². The molecule has 98 valence electrons. The molecule has 0 saturated carbocycles. The normalized spacial score (nSPS) is 13.1. The largest absolute Gasteiger partial charge is 0.409 e. The lowest BCUT2D eigenvalue weighted by Crippen LogP contribution is -2.39. The van der Waals surface area contributed by atoms with E-state index in [0.29, 0.717) is 5.56 Å². The van der Waals surface area contributed by atoms with Crippen LogP contribution in [-0.4, -0.2) is 47.2 Å². The second-order valence-corrected chi connectivity index (χ2v) is 3.85. The number of hydrogen-bond donors (Lipinski definition) is 3. The van der Waals surface area contributed by atoms with Gasteiger partial charge in [-0.2, -0.15) is 0 Å². The smallest absolute Gasteiger partial charge is 0.237 e. The molecule has 1 amide bonds. The van der Waals surface area contributed by atoms with Crippen molar-refractivity contribution < 1.29 is 15.1 Å². The van der Waals surface area contributed by atoms with Crippen LogP contribution in [0, 0.1) is 0 Å². The lowest BCUT2D eigenvalue weighted by molar-refractivity contribution is -0.130. The van der Waals surface area contributed by atoms with Gasteiger partial charge in [0.25, 0.3) is 0 Å². The summed E-state index contributed by atoms with van der Waals surface area (Å²) in [6.45, 7) is 0.0563. The number of hydrogen-bond acceptors (Lipinski definition) is 4. The topological polar surface area (TPSA) is 99.2 Å². The van der Waals surface area contributed by atoms with Gasteiger partial charge in [0.05, 0.1) is 6.61 Å². The predicted octanol–water partition coefficient (Wildman–Crippen LogP) is -0.0327. The molecule has 0 radical (unpaired) electrons. The molecular weight excluding hydrogens is 234 g/mol. The molecule has 0 aromatic heterocycles. The van der Waals surface area contributed by atoms with Crippen molar-refractivity contribution in [3.8, 4) is 0 Å². The highest BCUT2D eigenvalue weighted by Crippen LogP contribution is 2.18. The summed E-state index contributed by atoms with van der Waals surface area (Å²) >= 11 is 0. The average molecular weight is 251 g/mol. The second-order valence-electron chi connectivity index (χ2n) is 3.85. The molecule has 1 unspecified atom stereocenters. The minimum Gasteiger partial charge on any atom is -0.409 e. The lowest BCUT2D eigenvalue weighted by Gasteiger charge is -2.22. The summed E-state index contributed by atoms with van der Waals surface area (Å²) in [5, 5.41) is 20.5. The van der Waals surface area contributed by atoms with Gasteiger partial charge in [0.15, 0.2) is 5.84 Å². The SMILES string of the molecule is CN(CCO)C(=O)C(C(N)=NO)c1ccccc1. The summed E-state index contributed by atoms with van der Waals surface area (Å²) in [7, 11) is 1.55. The first-order chi connectivity index (χ1) is 8.61. The zero-order valence-corrected chi connectivity index (χ0v) is 10.2.